The summed E-state index contributed by atoms with van der Waals surface area (Å²) >= 11 is 0. The van der Waals surface area contributed by atoms with Gasteiger partial charge >= 0.3 is 0 Å². The normalized spacial score (nSPS) is 10.8. The summed E-state index contributed by atoms with van der Waals surface area (Å²) in [6.07, 6.45) is 1.04. The van der Waals surface area contributed by atoms with Crippen LogP contribution in [0.3, 0.4) is 0 Å². The maximum absolute atomic E-state index is 12.4. The SMILES string of the molecule is Cc1ccc(C)c(NC(=O)CN(c2ccc(C#N)cc2)S(C)(=O)=O)c1. The number of amides is 1. The molecule has 0 saturated carbocycles. The van der Waals surface area contributed by atoms with Gasteiger partial charge in [0.2, 0.25) is 15.9 Å². The van der Waals surface area contributed by atoms with Gasteiger partial charge in [-0.05, 0) is 55.3 Å². The number of nitrogens with zero attached hydrogens (tertiary/aromatic N) is 2. The topological polar surface area (TPSA) is 90.3 Å². The molecule has 0 bridgehead atoms. The Morgan fingerprint density at radius 3 is 2.36 bits per heavy atom. The molecular weight excluding hydrogens is 338 g/mol. The number of hydrogen-bond donors (Lipinski definition) is 1. The van der Waals surface area contributed by atoms with Crippen LogP contribution >= 0.6 is 0 Å². The molecule has 1 N–H and O–H groups in total. The Morgan fingerprint density at radius 2 is 1.80 bits per heavy atom. The summed E-state index contributed by atoms with van der Waals surface area (Å²) in [4.78, 5) is 12.4. The number of carbonyl (C=O) groups is 1. The number of nitriles is 1. The van der Waals surface area contributed by atoms with Crippen molar-refractivity contribution in [1.29, 1.82) is 5.26 Å². The first-order valence-corrected chi connectivity index (χ1v) is 9.40. The molecule has 0 aliphatic rings. The Hall–Kier alpha value is -2.85. The van der Waals surface area contributed by atoms with E-state index in [0.717, 1.165) is 21.7 Å². The van der Waals surface area contributed by atoms with Crippen molar-refractivity contribution in [2.75, 3.05) is 22.4 Å². The predicted molar refractivity (Wildman–Crippen MR) is 97.9 cm³/mol. The fraction of sp³-hybridized carbons (Fsp3) is 0.222. The van der Waals surface area contributed by atoms with Gasteiger partial charge in [0.1, 0.15) is 6.54 Å². The van der Waals surface area contributed by atoms with Crippen LogP contribution in [-0.2, 0) is 14.8 Å². The molecule has 25 heavy (non-hydrogen) atoms. The van der Waals surface area contributed by atoms with Crippen molar-refractivity contribution in [3.05, 3.63) is 59.2 Å². The van der Waals surface area contributed by atoms with Crippen LogP contribution in [-0.4, -0.2) is 27.1 Å². The van der Waals surface area contributed by atoms with Crippen LogP contribution in [0.25, 0.3) is 0 Å². The molecule has 0 unspecified atom stereocenters. The van der Waals surface area contributed by atoms with Crippen molar-refractivity contribution in [2.45, 2.75) is 13.8 Å². The minimum Gasteiger partial charge on any atom is -0.324 e. The van der Waals surface area contributed by atoms with Crippen LogP contribution in [0.1, 0.15) is 16.7 Å². The molecule has 0 heterocycles. The van der Waals surface area contributed by atoms with Crippen LogP contribution < -0.4 is 9.62 Å². The maximum atomic E-state index is 12.4. The highest BCUT2D eigenvalue weighted by atomic mass is 32.2. The zero-order chi connectivity index (χ0) is 18.6. The van der Waals surface area contributed by atoms with Gasteiger partial charge in [-0.1, -0.05) is 12.1 Å². The van der Waals surface area contributed by atoms with Crippen LogP contribution in [0.5, 0.6) is 0 Å². The Balaban J connectivity index is 2.23. The molecule has 1 amide bonds. The number of nitrogens with one attached hydrogen (secondary N) is 1. The molecule has 130 valence electrons. The lowest BCUT2D eigenvalue weighted by molar-refractivity contribution is -0.114. The molecule has 0 radical (unpaired) electrons. The number of aryl methyl sites for hydroxylation is 2. The molecule has 2 rings (SSSR count). The highest BCUT2D eigenvalue weighted by Gasteiger charge is 2.21. The second-order valence-electron chi connectivity index (χ2n) is 5.79. The van der Waals surface area contributed by atoms with E-state index in [1.54, 1.807) is 0 Å². The Bertz CT molecular complexity index is 929. The quantitative estimate of drug-likeness (QED) is 0.890. The van der Waals surface area contributed by atoms with E-state index >= 15 is 0 Å². The number of carbonyl (C=O) groups excluding carboxylic acids is 1. The Labute approximate surface area is 147 Å². The average Bonchev–Trinajstić information content (AvgIpc) is 2.55. The van der Waals surface area contributed by atoms with Gasteiger partial charge < -0.3 is 5.32 Å². The first-order valence-electron chi connectivity index (χ1n) is 7.55. The van der Waals surface area contributed by atoms with Gasteiger partial charge in [0, 0.05) is 5.69 Å². The molecule has 0 spiro atoms. The maximum Gasteiger partial charge on any atom is 0.245 e. The molecule has 0 aliphatic carbocycles. The van der Waals surface area contributed by atoms with Crippen LogP contribution in [0.2, 0.25) is 0 Å². The van der Waals surface area contributed by atoms with E-state index in [1.807, 2.05) is 38.1 Å². The second kappa shape index (κ2) is 7.36. The first-order chi connectivity index (χ1) is 11.7. The molecule has 0 atom stereocenters. The van der Waals surface area contributed by atoms with E-state index < -0.39 is 15.9 Å². The molecule has 6 nitrogen and oxygen atoms in total. The van der Waals surface area contributed by atoms with E-state index in [2.05, 4.69) is 5.32 Å². The summed E-state index contributed by atoms with van der Waals surface area (Å²) in [6, 6.07) is 13.7. The van der Waals surface area contributed by atoms with Crippen molar-refractivity contribution in [2.24, 2.45) is 0 Å². The van der Waals surface area contributed by atoms with E-state index in [4.69, 9.17) is 5.26 Å². The van der Waals surface area contributed by atoms with Gasteiger partial charge in [0.25, 0.3) is 0 Å². The summed E-state index contributed by atoms with van der Waals surface area (Å²) in [5.74, 6) is -0.441. The van der Waals surface area contributed by atoms with Gasteiger partial charge in [-0.2, -0.15) is 5.26 Å². The number of hydrogen-bond acceptors (Lipinski definition) is 4. The van der Waals surface area contributed by atoms with Crippen molar-refractivity contribution in [1.82, 2.24) is 0 Å². The third-order valence-electron chi connectivity index (χ3n) is 3.64. The molecule has 2 aromatic rings. The number of sulfonamides is 1. The molecule has 0 saturated heterocycles. The highest BCUT2D eigenvalue weighted by molar-refractivity contribution is 7.92. The number of benzene rings is 2. The lowest BCUT2D eigenvalue weighted by Gasteiger charge is -2.22. The largest absolute Gasteiger partial charge is 0.324 e. The second-order valence-corrected chi connectivity index (χ2v) is 7.70. The minimum atomic E-state index is -3.65. The molecule has 7 heteroatoms. The summed E-state index contributed by atoms with van der Waals surface area (Å²) in [7, 11) is -3.65. The van der Waals surface area contributed by atoms with Gasteiger partial charge in [-0.3, -0.25) is 9.10 Å². The van der Waals surface area contributed by atoms with E-state index in [-0.39, 0.29) is 6.54 Å². The number of anilines is 2. The third-order valence-corrected chi connectivity index (χ3v) is 4.78. The van der Waals surface area contributed by atoms with Gasteiger partial charge in [0.15, 0.2) is 0 Å². The average molecular weight is 357 g/mol. The van der Waals surface area contributed by atoms with Crippen molar-refractivity contribution in [3.8, 4) is 6.07 Å². The monoisotopic (exact) mass is 357 g/mol. The van der Waals surface area contributed by atoms with E-state index in [1.165, 1.54) is 24.3 Å². The van der Waals surface area contributed by atoms with Crippen molar-refractivity contribution in [3.63, 3.8) is 0 Å². The summed E-state index contributed by atoms with van der Waals surface area (Å²) < 4.78 is 25.2. The Kier molecular flexibility index (Phi) is 5.45. The highest BCUT2D eigenvalue weighted by Crippen LogP contribution is 2.20. The zero-order valence-electron chi connectivity index (χ0n) is 14.3. The lowest BCUT2D eigenvalue weighted by Crippen LogP contribution is -2.37. The van der Waals surface area contributed by atoms with E-state index in [9.17, 15) is 13.2 Å². The number of rotatable bonds is 5. The van der Waals surface area contributed by atoms with Gasteiger partial charge in [-0.15, -0.1) is 0 Å². The fourth-order valence-electron chi connectivity index (χ4n) is 2.29. The summed E-state index contributed by atoms with van der Waals surface area (Å²) in [5.41, 5.74) is 3.28. The van der Waals surface area contributed by atoms with Gasteiger partial charge in [0.05, 0.1) is 23.6 Å². The van der Waals surface area contributed by atoms with Crippen molar-refractivity contribution < 1.29 is 13.2 Å². The van der Waals surface area contributed by atoms with E-state index in [0.29, 0.717) is 16.9 Å². The molecule has 0 fully saturated rings. The zero-order valence-corrected chi connectivity index (χ0v) is 15.1. The van der Waals surface area contributed by atoms with Crippen LogP contribution in [0, 0.1) is 25.2 Å². The third kappa shape index (κ3) is 4.81. The Morgan fingerprint density at radius 1 is 1.16 bits per heavy atom. The molecule has 0 aliphatic heterocycles. The lowest BCUT2D eigenvalue weighted by atomic mass is 10.1. The molecule has 0 aromatic heterocycles. The summed E-state index contributed by atoms with van der Waals surface area (Å²) in [5, 5.41) is 11.6. The minimum absolute atomic E-state index is 0.331. The van der Waals surface area contributed by atoms with Gasteiger partial charge in [-0.25, -0.2) is 8.42 Å². The summed E-state index contributed by atoms with van der Waals surface area (Å²) in [6.45, 7) is 3.43. The standard InChI is InChI=1S/C18H19N3O3S/c1-13-4-5-14(2)17(10-13)20-18(22)12-21(25(3,23)24)16-8-6-15(11-19)7-9-16/h4-10H,12H2,1-3H3,(H,20,22). The first kappa shape index (κ1) is 18.5. The van der Waals surface area contributed by atoms with Crippen LogP contribution in [0.15, 0.2) is 42.5 Å². The smallest absolute Gasteiger partial charge is 0.245 e. The fourth-order valence-corrected chi connectivity index (χ4v) is 3.15. The molecular formula is C18H19N3O3S. The molecule has 2 aromatic carbocycles. The van der Waals surface area contributed by atoms with Crippen molar-refractivity contribution >= 4 is 27.3 Å². The predicted octanol–water partition coefficient (Wildman–Crippen LogP) is 2.58. The van der Waals surface area contributed by atoms with Crippen LogP contribution in [0.4, 0.5) is 11.4 Å².